The Morgan fingerprint density at radius 3 is 2.46 bits per heavy atom. The van der Waals surface area contributed by atoms with E-state index in [0.717, 1.165) is 30.2 Å². The van der Waals surface area contributed by atoms with E-state index in [1.54, 1.807) is 24.3 Å². The van der Waals surface area contributed by atoms with Crippen LogP contribution in [0.3, 0.4) is 0 Å². The van der Waals surface area contributed by atoms with Crippen LogP contribution >= 0.6 is 15.9 Å². The highest BCUT2D eigenvalue weighted by Gasteiger charge is 2.24. The van der Waals surface area contributed by atoms with Crippen LogP contribution in [0.15, 0.2) is 53.0 Å². The van der Waals surface area contributed by atoms with Gasteiger partial charge in [-0.2, -0.15) is 0 Å². The monoisotopic (exact) mass is 444 g/mol. The molecule has 0 saturated heterocycles. The second-order valence-electron chi connectivity index (χ2n) is 7.04. The molecule has 1 N–H and O–H groups in total. The summed E-state index contributed by atoms with van der Waals surface area (Å²) >= 11 is 3.36. The van der Waals surface area contributed by atoms with Gasteiger partial charge in [-0.05, 0) is 49.2 Å². The third-order valence-electron chi connectivity index (χ3n) is 5.06. The van der Waals surface area contributed by atoms with E-state index < -0.39 is 0 Å². The maximum absolute atomic E-state index is 13.0. The molecule has 0 spiro atoms. The number of nitrogens with zero attached hydrogens (tertiary/aromatic N) is 1. The minimum absolute atomic E-state index is 0.0587. The first kappa shape index (κ1) is 20.4. The summed E-state index contributed by atoms with van der Waals surface area (Å²) in [6.07, 6.45) is 5.64. The lowest BCUT2D eigenvalue weighted by atomic mass is 9.94. The third-order valence-corrected chi connectivity index (χ3v) is 5.59. The van der Waals surface area contributed by atoms with Crippen LogP contribution in [0.1, 0.15) is 42.5 Å². The second-order valence-corrected chi connectivity index (χ2v) is 7.96. The second kappa shape index (κ2) is 9.73. The number of para-hydroxylation sites is 1. The smallest absolute Gasteiger partial charge is 0.262 e. The van der Waals surface area contributed by atoms with Crippen molar-refractivity contribution in [3.8, 4) is 5.75 Å². The van der Waals surface area contributed by atoms with E-state index in [4.69, 9.17) is 4.74 Å². The molecule has 0 aromatic heterocycles. The number of rotatable bonds is 6. The number of ether oxygens (including phenoxy) is 1. The summed E-state index contributed by atoms with van der Waals surface area (Å²) in [5.41, 5.74) is 1.02. The van der Waals surface area contributed by atoms with E-state index in [-0.39, 0.29) is 24.5 Å². The van der Waals surface area contributed by atoms with Gasteiger partial charge in [0.05, 0.1) is 11.3 Å². The predicted molar refractivity (Wildman–Crippen MR) is 114 cm³/mol. The molecule has 2 aromatic rings. The molecule has 1 saturated carbocycles. The summed E-state index contributed by atoms with van der Waals surface area (Å²) in [6.45, 7) is -0.122. The van der Waals surface area contributed by atoms with Gasteiger partial charge in [0.25, 0.3) is 11.8 Å². The SMILES string of the molecule is CN(C(=O)c1ccccc1NC(=O)COc1ccc(Br)cc1)C1CCCCC1. The summed E-state index contributed by atoms with van der Waals surface area (Å²) in [4.78, 5) is 27.1. The van der Waals surface area contributed by atoms with Gasteiger partial charge in [0.2, 0.25) is 0 Å². The summed E-state index contributed by atoms with van der Waals surface area (Å²) in [7, 11) is 1.85. The minimum Gasteiger partial charge on any atom is -0.484 e. The van der Waals surface area contributed by atoms with Gasteiger partial charge in [-0.15, -0.1) is 0 Å². The normalized spacial score (nSPS) is 14.4. The van der Waals surface area contributed by atoms with Crippen molar-refractivity contribution < 1.29 is 14.3 Å². The maximum atomic E-state index is 13.0. The molecule has 1 aliphatic carbocycles. The molecule has 0 atom stereocenters. The minimum atomic E-state index is -0.302. The average molecular weight is 445 g/mol. The fraction of sp³-hybridized carbons (Fsp3) is 0.364. The van der Waals surface area contributed by atoms with Gasteiger partial charge in [0.15, 0.2) is 6.61 Å². The third kappa shape index (κ3) is 5.35. The molecule has 148 valence electrons. The van der Waals surface area contributed by atoms with Gasteiger partial charge in [0, 0.05) is 17.6 Å². The molecular formula is C22H25BrN2O3. The number of anilines is 1. The number of hydrogen-bond acceptors (Lipinski definition) is 3. The van der Waals surface area contributed by atoms with Crippen LogP contribution in [0.25, 0.3) is 0 Å². The Bertz CT molecular complexity index is 817. The molecule has 5 nitrogen and oxygen atoms in total. The van der Waals surface area contributed by atoms with E-state index >= 15 is 0 Å². The standard InChI is InChI=1S/C22H25BrN2O3/c1-25(17-7-3-2-4-8-17)22(27)19-9-5-6-10-20(19)24-21(26)15-28-18-13-11-16(23)12-14-18/h5-6,9-14,17H,2-4,7-8,15H2,1H3,(H,24,26). The molecule has 28 heavy (non-hydrogen) atoms. The Kier molecular flexibility index (Phi) is 7.09. The predicted octanol–water partition coefficient (Wildman–Crippen LogP) is 4.87. The molecule has 0 aliphatic heterocycles. The molecule has 1 fully saturated rings. The van der Waals surface area contributed by atoms with Crippen molar-refractivity contribution in [2.24, 2.45) is 0 Å². The number of amides is 2. The number of hydrogen-bond donors (Lipinski definition) is 1. The quantitative estimate of drug-likeness (QED) is 0.690. The van der Waals surface area contributed by atoms with Crippen LogP contribution in [0.4, 0.5) is 5.69 Å². The number of carbonyl (C=O) groups is 2. The van der Waals surface area contributed by atoms with E-state index in [2.05, 4.69) is 21.2 Å². The number of halogens is 1. The van der Waals surface area contributed by atoms with Crippen molar-refractivity contribution >= 4 is 33.4 Å². The molecule has 2 aromatic carbocycles. The van der Waals surface area contributed by atoms with Crippen molar-refractivity contribution in [1.29, 1.82) is 0 Å². The van der Waals surface area contributed by atoms with Crippen LogP contribution in [0.5, 0.6) is 5.75 Å². The maximum Gasteiger partial charge on any atom is 0.262 e. The molecule has 2 amide bonds. The highest BCUT2D eigenvalue weighted by molar-refractivity contribution is 9.10. The summed E-state index contributed by atoms with van der Waals surface area (Å²) < 4.78 is 6.45. The first-order chi connectivity index (χ1) is 13.5. The zero-order valence-electron chi connectivity index (χ0n) is 16.0. The highest BCUT2D eigenvalue weighted by atomic mass is 79.9. The highest BCUT2D eigenvalue weighted by Crippen LogP contribution is 2.25. The molecule has 6 heteroatoms. The van der Waals surface area contributed by atoms with E-state index in [9.17, 15) is 9.59 Å². The fourth-order valence-electron chi connectivity index (χ4n) is 3.47. The van der Waals surface area contributed by atoms with E-state index in [1.165, 1.54) is 6.42 Å². The number of carbonyl (C=O) groups excluding carboxylic acids is 2. The van der Waals surface area contributed by atoms with Crippen molar-refractivity contribution in [2.75, 3.05) is 19.0 Å². The zero-order chi connectivity index (χ0) is 19.9. The zero-order valence-corrected chi connectivity index (χ0v) is 17.6. The van der Waals surface area contributed by atoms with Crippen molar-refractivity contribution in [1.82, 2.24) is 4.90 Å². The molecule has 0 heterocycles. The van der Waals surface area contributed by atoms with Crippen molar-refractivity contribution in [3.63, 3.8) is 0 Å². The molecule has 3 rings (SSSR count). The van der Waals surface area contributed by atoms with Crippen molar-refractivity contribution in [2.45, 2.75) is 38.1 Å². The lowest BCUT2D eigenvalue weighted by molar-refractivity contribution is -0.118. The molecule has 1 aliphatic rings. The summed E-state index contributed by atoms with van der Waals surface area (Å²) in [5, 5.41) is 2.81. The lowest BCUT2D eigenvalue weighted by Gasteiger charge is -2.31. The van der Waals surface area contributed by atoms with Crippen LogP contribution in [0, 0.1) is 0 Å². The topological polar surface area (TPSA) is 58.6 Å². The number of nitrogens with one attached hydrogen (secondary N) is 1. The average Bonchev–Trinajstić information content (AvgIpc) is 2.73. The largest absolute Gasteiger partial charge is 0.484 e. The molecule has 0 radical (unpaired) electrons. The van der Waals surface area contributed by atoms with Crippen LogP contribution in [-0.4, -0.2) is 36.4 Å². The van der Waals surface area contributed by atoms with Gasteiger partial charge < -0.3 is 15.0 Å². The summed E-state index contributed by atoms with van der Waals surface area (Å²) in [5.74, 6) is 0.250. The molecule has 0 bridgehead atoms. The van der Waals surface area contributed by atoms with Gasteiger partial charge in [-0.25, -0.2) is 0 Å². The van der Waals surface area contributed by atoms with Gasteiger partial charge >= 0.3 is 0 Å². The summed E-state index contributed by atoms with van der Waals surface area (Å²) in [6, 6.07) is 14.7. The lowest BCUT2D eigenvalue weighted by Crippen LogP contribution is -2.38. The van der Waals surface area contributed by atoms with Gasteiger partial charge in [-0.3, -0.25) is 9.59 Å². The van der Waals surface area contributed by atoms with E-state index in [1.807, 2.05) is 36.2 Å². The molecular weight excluding hydrogens is 420 g/mol. The van der Waals surface area contributed by atoms with Crippen LogP contribution in [0.2, 0.25) is 0 Å². The van der Waals surface area contributed by atoms with Gasteiger partial charge in [-0.1, -0.05) is 47.3 Å². The number of benzene rings is 2. The van der Waals surface area contributed by atoms with Gasteiger partial charge in [0.1, 0.15) is 5.75 Å². The molecule has 0 unspecified atom stereocenters. The van der Waals surface area contributed by atoms with E-state index in [0.29, 0.717) is 17.0 Å². The fourth-order valence-corrected chi connectivity index (χ4v) is 3.73. The Balaban J connectivity index is 1.63. The Hall–Kier alpha value is -2.34. The van der Waals surface area contributed by atoms with Crippen LogP contribution in [-0.2, 0) is 4.79 Å². The Morgan fingerprint density at radius 2 is 1.75 bits per heavy atom. The van der Waals surface area contributed by atoms with Crippen molar-refractivity contribution in [3.05, 3.63) is 58.6 Å². The Morgan fingerprint density at radius 1 is 1.07 bits per heavy atom. The first-order valence-electron chi connectivity index (χ1n) is 9.59. The van der Waals surface area contributed by atoms with Crippen LogP contribution < -0.4 is 10.1 Å². The first-order valence-corrected chi connectivity index (χ1v) is 10.4. The Labute approximate surface area is 174 Å².